The lowest BCUT2D eigenvalue weighted by atomic mass is 10.2. The van der Waals surface area contributed by atoms with Crippen molar-refractivity contribution in [3.8, 4) is 5.75 Å². The van der Waals surface area contributed by atoms with Crippen molar-refractivity contribution < 1.29 is 4.74 Å². The largest absolute Gasteiger partial charge is 0.483 e. The Morgan fingerprint density at radius 2 is 2.04 bits per heavy atom. The van der Waals surface area contributed by atoms with Gasteiger partial charge in [-0.1, -0.05) is 41.1 Å². The van der Waals surface area contributed by atoms with Crippen molar-refractivity contribution in [1.29, 1.82) is 0 Å². The van der Waals surface area contributed by atoms with Crippen LogP contribution in [0.15, 0.2) is 53.3 Å². The molecular formula is C17H12ClN3O2S. The van der Waals surface area contributed by atoms with Gasteiger partial charge in [0.15, 0.2) is 5.01 Å². The Balaban J connectivity index is 1.76. The first-order chi connectivity index (χ1) is 11.6. The standard InChI is InChI=1S/C17H12ClN3O2S/c1-10(23-12-6-4-5-11(18)9-12)15-20-21-16(22)13-7-2-3-8-14(13)19-17(21)24-15/h2-10H,1H3. The summed E-state index contributed by atoms with van der Waals surface area (Å²) in [5.41, 5.74) is 0.495. The van der Waals surface area contributed by atoms with E-state index in [1.807, 2.05) is 37.3 Å². The van der Waals surface area contributed by atoms with E-state index in [0.29, 0.717) is 31.6 Å². The Bertz CT molecular complexity index is 1110. The highest BCUT2D eigenvalue weighted by atomic mass is 35.5. The molecule has 0 saturated carbocycles. The summed E-state index contributed by atoms with van der Waals surface area (Å²) >= 11 is 7.31. The molecule has 0 saturated heterocycles. The molecule has 0 N–H and O–H groups in total. The van der Waals surface area contributed by atoms with Crippen LogP contribution in [0, 0.1) is 0 Å². The van der Waals surface area contributed by atoms with Gasteiger partial charge in [0.1, 0.15) is 11.9 Å². The molecule has 120 valence electrons. The van der Waals surface area contributed by atoms with Gasteiger partial charge in [0.05, 0.1) is 10.9 Å². The zero-order chi connectivity index (χ0) is 16.7. The molecule has 4 rings (SSSR count). The van der Waals surface area contributed by atoms with E-state index < -0.39 is 0 Å². The van der Waals surface area contributed by atoms with Crippen molar-refractivity contribution in [2.75, 3.05) is 0 Å². The molecule has 0 spiro atoms. The molecule has 0 aliphatic rings. The fraction of sp³-hybridized carbons (Fsp3) is 0.118. The number of nitrogens with zero attached hydrogens (tertiary/aromatic N) is 3. The third kappa shape index (κ3) is 2.64. The lowest BCUT2D eigenvalue weighted by Crippen LogP contribution is -2.15. The van der Waals surface area contributed by atoms with E-state index in [0.717, 1.165) is 0 Å². The fourth-order valence-corrected chi connectivity index (χ4v) is 3.49. The summed E-state index contributed by atoms with van der Waals surface area (Å²) < 4.78 is 7.20. The molecular weight excluding hydrogens is 346 g/mol. The second-order valence-corrected chi connectivity index (χ2v) is 6.71. The Labute approximate surface area is 146 Å². The highest BCUT2D eigenvalue weighted by Gasteiger charge is 2.16. The van der Waals surface area contributed by atoms with Crippen molar-refractivity contribution >= 4 is 38.8 Å². The maximum atomic E-state index is 12.5. The minimum Gasteiger partial charge on any atom is -0.483 e. The Hall–Kier alpha value is -2.44. The summed E-state index contributed by atoms with van der Waals surface area (Å²) in [5.74, 6) is 0.653. The van der Waals surface area contributed by atoms with E-state index in [1.54, 1.807) is 18.2 Å². The highest BCUT2D eigenvalue weighted by molar-refractivity contribution is 7.16. The van der Waals surface area contributed by atoms with Crippen LogP contribution >= 0.6 is 22.9 Å². The molecule has 0 fully saturated rings. The van der Waals surface area contributed by atoms with Crippen LogP contribution in [0.25, 0.3) is 15.9 Å². The van der Waals surface area contributed by atoms with Crippen LogP contribution in [-0.4, -0.2) is 14.6 Å². The van der Waals surface area contributed by atoms with E-state index >= 15 is 0 Å². The fourth-order valence-electron chi connectivity index (χ4n) is 2.43. The quantitative estimate of drug-likeness (QED) is 0.554. The van der Waals surface area contributed by atoms with Crippen LogP contribution < -0.4 is 10.3 Å². The summed E-state index contributed by atoms with van der Waals surface area (Å²) in [5, 5.41) is 6.21. The molecule has 7 heteroatoms. The number of rotatable bonds is 3. The third-order valence-corrected chi connectivity index (χ3v) is 4.88. The van der Waals surface area contributed by atoms with Gasteiger partial charge in [-0.3, -0.25) is 4.79 Å². The molecule has 0 amide bonds. The van der Waals surface area contributed by atoms with E-state index in [4.69, 9.17) is 16.3 Å². The Kier molecular flexibility index (Phi) is 3.70. The molecule has 5 nitrogen and oxygen atoms in total. The van der Waals surface area contributed by atoms with Gasteiger partial charge in [-0.05, 0) is 37.3 Å². The Morgan fingerprint density at radius 3 is 2.88 bits per heavy atom. The maximum absolute atomic E-state index is 12.5. The van der Waals surface area contributed by atoms with Crippen LogP contribution in [0.3, 0.4) is 0 Å². The topological polar surface area (TPSA) is 56.5 Å². The first-order valence-electron chi connectivity index (χ1n) is 7.32. The molecule has 2 aromatic heterocycles. The lowest BCUT2D eigenvalue weighted by molar-refractivity contribution is 0.225. The molecule has 2 aromatic carbocycles. The molecule has 4 aromatic rings. The smallest absolute Gasteiger partial charge is 0.283 e. The summed E-state index contributed by atoms with van der Waals surface area (Å²) in [4.78, 5) is 17.6. The van der Waals surface area contributed by atoms with Gasteiger partial charge in [0.2, 0.25) is 4.96 Å². The van der Waals surface area contributed by atoms with Crippen LogP contribution in [-0.2, 0) is 0 Å². The minimum atomic E-state index is -0.322. The molecule has 24 heavy (non-hydrogen) atoms. The van der Waals surface area contributed by atoms with Crippen molar-refractivity contribution in [2.24, 2.45) is 0 Å². The van der Waals surface area contributed by atoms with Crippen molar-refractivity contribution in [2.45, 2.75) is 13.0 Å². The number of ether oxygens (including phenoxy) is 1. The normalized spacial score (nSPS) is 12.6. The highest BCUT2D eigenvalue weighted by Crippen LogP contribution is 2.26. The second-order valence-electron chi connectivity index (χ2n) is 5.29. The molecule has 2 heterocycles. The predicted octanol–water partition coefficient (Wildman–Crippen LogP) is 4.10. The zero-order valence-corrected chi connectivity index (χ0v) is 14.2. The number of hydrogen-bond donors (Lipinski definition) is 0. The number of fused-ring (bicyclic) bond motifs is 2. The minimum absolute atomic E-state index is 0.173. The lowest BCUT2D eigenvalue weighted by Gasteiger charge is -2.11. The molecule has 0 bridgehead atoms. The van der Waals surface area contributed by atoms with Gasteiger partial charge in [-0.15, -0.1) is 0 Å². The third-order valence-electron chi connectivity index (χ3n) is 3.58. The van der Waals surface area contributed by atoms with Crippen molar-refractivity contribution in [1.82, 2.24) is 14.6 Å². The average molecular weight is 358 g/mol. The summed E-state index contributed by atoms with van der Waals surface area (Å²) in [7, 11) is 0. The number of para-hydroxylation sites is 1. The summed E-state index contributed by atoms with van der Waals surface area (Å²) in [6, 6.07) is 14.4. The maximum Gasteiger partial charge on any atom is 0.283 e. The van der Waals surface area contributed by atoms with Gasteiger partial charge < -0.3 is 4.74 Å². The molecule has 0 radical (unpaired) electrons. The molecule has 0 aliphatic heterocycles. The first kappa shape index (κ1) is 15.1. The zero-order valence-electron chi connectivity index (χ0n) is 12.6. The first-order valence-corrected chi connectivity index (χ1v) is 8.52. The van der Waals surface area contributed by atoms with Gasteiger partial charge >= 0.3 is 0 Å². The second kappa shape index (κ2) is 5.89. The van der Waals surface area contributed by atoms with E-state index in [9.17, 15) is 4.79 Å². The summed E-state index contributed by atoms with van der Waals surface area (Å²) in [6.45, 7) is 1.88. The van der Waals surface area contributed by atoms with E-state index in [2.05, 4.69) is 10.1 Å². The van der Waals surface area contributed by atoms with E-state index in [1.165, 1.54) is 15.9 Å². The monoisotopic (exact) mass is 357 g/mol. The SMILES string of the molecule is CC(Oc1cccc(Cl)c1)c1nn2c(=O)c3ccccc3nc2s1. The number of aromatic nitrogens is 3. The van der Waals surface area contributed by atoms with Crippen LogP contribution in [0.4, 0.5) is 0 Å². The van der Waals surface area contributed by atoms with Crippen LogP contribution in [0.1, 0.15) is 18.0 Å². The van der Waals surface area contributed by atoms with E-state index in [-0.39, 0.29) is 11.7 Å². The summed E-state index contributed by atoms with van der Waals surface area (Å²) in [6.07, 6.45) is -0.322. The number of benzene rings is 2. The Morgan fingerprint density at radius 1 is 1.21 bits per heavy atom. The predicted molar refractivity (Wildman–Crippen MR) is 95.1 cm³/mol. The van der Waals surface area contributed by atoms with Gasteiger partial charge in [0.25, 0.3) is 5.56 Å². The van der Waals surface area contributed by atoms with Gasteiger partial charge in [-0.25, -0.2) is 4.98 Å². The molecule has 1 atom stereocenters. The molecule has 1 unspecified atom stereocenters. The van der Waals surface area contributed by atoms with Crippen molar-refractivity contribution in [3.63, 3.8) is 0 Å². The number of hydrogen-bond acceptors (Lipinski definition) is 5. The van der Waals surface area contributed by atoms with Crippen molar-refractivity contribution in [3.05, 3.63) is 68.9 Å². The average Bonchev–Trinajstić information content (AvgIpc) is 3.00. The molecule has 0 aliphatic carbocycles. The van der Waals surface area contributed by atoms with Gasteiger partial charge in [0, 0.05) is 5.02 Å². The van der Waals surface area contributed by atoms with Gasteiger partial charge in [-0.2, -0.15) is 9.61 Å². The van der Waals surface area contributed by atoms with Crippen LogP contribution in [0.2, 0.25) is 5.02 Å². The number of halogens is 1. The van der Waals surface area contributed by atoms with Crippen LogP contribution in [0.5, 0.6) is 5.75 Å².